The third-order valence-corrected chi connectivity index (χ3v) is 8.57. The summed E-state index contributed by atoms with van der Waals surface area (Å²) in [5.74, 6) is -4.39. The summed E-state index contributed by atoms with van der Waals surface area (Å²) in [5, 5.41) is 48.9. The first-order valence-electron chi connectivity index (χ1n) is 19.7. The summed E-state index contributed by atoms with van der Waals surface area (Å²) in [4.78, 5) is 70.8. The SMILES string of the molecule is CCNCCOCCOCCOCCNC(=O)c1ccc(C(=O)NCCCCCCc2cn(CCCC[C@H](NC(=O)N[C@@H](CCC(=O)O)C(=O)O)C(=O)O)nn2)cc1. The minimum absolute atomic E-state index is 0.0901. The van der Waals surface area contributed by atoms with Gasteiger partial charge in [0.25, 0.3) is 11.8 Å². The van der Waals surface area contributed by atoms with Gasteiger partial charge in [-0.25, -0.2) is 14.4 Å². The Morgan fingerprint density at radius 1 is 0.672 bits per heavy atom. The maximum atomic E-state index is 12.6. The second kappa shape index (κ2) is 30.0. The summed E-state index contributed by atoms with van der Waals surface area (Å²) in [6.45, 7) is 8.03. The van der Waals surface area contributed by atoms with Gasteiger partial charge < -0.3 is 56.1 Å². The van der Waals surface area contributed by atoms with Crippen LogP contribution in [0.5, 0.6) is 0 Å². The molecule has 0 spiro atoms. The quantitative estimate of drug-likeness (QED) is 0.0464. The topological polar surface area (TPSA) is 282 Å². The number of benzene rings is 1. The van der Waals surface area contributed by atoms with Gasteiger partial charge in [0.15, 0.2) is 0 Å². The predicted octanol–water partition coefficient (Wildman–Crippen LogP) is 1.44. The van der Waals surface area contributed by atoms with E-state index in [1.807, 2.05) is 13.1 Å². The molecule has 0 aliphatic rings. The number of hydrogen-bond donors (Lipinski definition) is 8. The second-order valence-electron chi connectivity index (χ2n) is 13.2. The van der Waals surface area contributed by atoms with Crippen LogP contribution in [0.2, 0.25) is 0 Å². The number of carboxylic acids is 3. The Morgan fingerprint density at radius 3 is 1.81 bits per heavy atom. The van der Waals surface area contributed by atoms with E-state index in [1.54, 1.807) is 28.9 Å². The van der Waals surface area contributed by atoms with Crippen LogP contribution in [0, 0.1) is 0 Å². The van der Waals surface area contributed by atoms with Crippen molar-refractivity contribution in [1.82, 2.24) is 41.6 Å². The highest BCUT2D eigenvalue weighted by atomic mass is 16.5. The number of aromatic nitrogens is 3. The molecule has 1 heterocycles. The van der Waals surface area contributed by atoms with Crippen molar-refractivity contribution in [3.05, 3.63) is 47.3 Å². The average Bonchev–Trinajstić information content (AvgIpc) is 3.66. The first kappa shape index (κ1) is 49.0. The molecule has 4 amide bonds. The fourth-order valence-corrected chi connectivity index (χ4v) is 5.39. The van der Waals surface area contributed by atoms with Gasteiger partial charge >= 0.3 is 23.9 Å². The molecule has 8 N–H and O–H groups in total. The molecule has 0 aliphatic carbocycles. The van der Waals surface area contributed by atoms with Crippen molar-refractivity contribution >= 4 is 35.8 Å². The number of carbonyl (C=O) groups is 6. The Labute approximate surface area is 338 Å². The van der Waals surface area contributed by atoms with Gasteiger partial charge in [0, 0.05) is 49.9 Å². The van der Waals surface area contributed by atoms with E-state index in [4.69, 9.17) is 19.3 Å². The van der Waals surface area contributed by atoms with E-state index in [0.717, 1.165) is 50.9 Å². The third-order valence-electron chi connectivity index (χ3n) is 8.57. The Kier molecular flexibility index (Phi) is 25.3. The van der Waals surface area contributed by atoms with E-state index in [2.05, 4.69) is 36.9 Å². The molecule has 58 heavy (non-hydrogen) atoms. The summed E-state index contributed by atoms with van der Waals surface area (Å²) in [6.07, 6.45) is 6.35. The van der Waals surface area contributed by atoms with Crippen LogP contribution >= 0.6 is 0 Å². The lowest BCUT2D eigenvalue weighted by Gasteiger charge is -2.18. The highest BCUT2D eigenvalue weighted by Gasteiger charge is 2.24. The number of hydrogen-bond acceptors (Lipinski definition) is 12. The third kappa shape index (κ3) is 22.5. The molecule has 2 rings (SSSR count). The number of carboxylic acid groups (broad SMARTS) is 3. The molecule has 0 saturated heterocycles. The lowest BCUT2D eigenvalue weighted by atomic mass is 10.1. The maximum absolute atomic E-state index is 12.6. The van der Waals surface area contributed by atoms with Gasteiger partial charge in [-0.05, 0) is 75.8 Å². The molecular weight excluding hydrogens is 760 g/mol. The first-order valence-corrected chi connectivity index (χ1v) is 19.7. The number of ether oxygens (including phenoxy) is 3. The molecule has 2 aromatic rings. The smallest absolute Gasteiger partial charge is 0.326 e. The molecule has 0 saturated carbocycles. The zero-order chi connectivity index (χ0) is 42.4. The molecule has 1 aromatic carbocycles. The lowest BCUT2D eigenvalue weighted by molar-refractivity contribution is -0.140. The zero-order valence-electron chi connectivity index (χ0n) is 33.2. The van der Waals surface area contributed by atoms with Gasteiger partial charge in [-0.1, -0.05) is 25.0 Å². The van der Waals surface area contributed by atoms with Crippen LogP contribution in [0.25, 0.3) is 0 Å². The van der Waals surface area contributed by atoms with Gasteiger partial charge in [0.05, 0.1) is 45.3 Å². The van der Waals surface area contributed by atoms with Gasteiger partial charge in [-0.3, -0.25) is 19.1 Å². The van der Waals surface area contributed by atoms with Crippen LogP contribution in [0.3, 0.4) is 0 Å². The number of aliphatic carboxylic acids is 3. The minimum atomic E-state index is -1.47. The van der Waals surface area contributed by atoms with Crippen LogP contribution in [-0.4, -0.2) is 144 Å². The molecule has 0 unspecified atom stereocenters. The fraction of sp³-hybridized carbons (Fsp3) is 0.632. The van der Waals surface area contributed by atoms with Crippen molar-refractivity contribution in [2.45, 2.75) is 89.8 Å². The number of aryl methyl sites for hydroxylation is 2. The molecule has 324 valence electrons. The number of rotatable bonds is 34. The van der Waals surface area contributed by atoms with E-state index in [0.29, 0.717) is 83.2 Å². The molecule has 0 radical (unpaired) electrons. The van der Waals surface area contributed by atoms with E-state index < -0.39 is 42.4 Å². The molecule has 2 atom stereocenters. The largest absolute Gasteiger partial charge is 0.481 e. The minimum Gasteiger partial charge on any atom is -0.481 e. The highest BCUT2D eigenvalue weighted by molar-refractivity contribution is 5.97. The number of carbonyl (C=O) groups excluding carboxylic acids is 3. The lowest BCUT2D eigenvalue weighted by Crippen LogP contribution is -2.51. The second-order valence-corrected chi connectivity index (χ2v) is 13.2. The van der Waals surface area contributed by atoms with Crippen LogP contribution in [0.1, 0.15) is 91.1 Å². The van der Waals surface area contributed by atoms with Gasteiger partial charge in [-0.2, -0.15) is 0 Å². The van der Waals surface area contributed by atoms with Crippen molar-refractivity contribution in [1.29, 1.82) is 0 Å². The molecule has 1 aromatic heterocycles. The fourth-order valence-electron chi connectivity index (χ4n) is 5.39. The number of likely N-dealkylation sites (N-methyl/N-ethyl adjacent to an activating group) is 1. The van der Waals surface area contributed by atoms with Crippen molar-refractivity contribution in [3.63, 3.8) is 0 Å². The van der Waals surface area contributed by atoms with Gasteiger partial charge in [-0.15, -0.1) is 5.10 Å². The van der Waals surface area contributed by atoms with Crippen molar-refractivity contribution < 1.29 is 58.3 Å². The molecule has 0 bridgehead atoms. The van der Waals surface area contributed by atoms with Gasteiger partial charge in [0.2, 0.25) is 0 Å². The number of unbranched alkanes of at least 4 members (excludes halogenated alkanes) is 4. The highest BCUT2D eigenvalue weighted by Crippen LogP contribution is 2.09. The molecule has 0 fully saturated rings. The Morgan fingerprint density at radius 2 is 1.22 bits per heavy atom. The van der Waals surface area contributed by atoms with Crippen LogP contribution in [-0.2, 0) is 41.6 Å². The monoisotopic (exact) mass is 820 g/mol. The van der Waals surface area contributed by atoms with Crippen molar-refractivity contribution in [2.75, 3.05) is 65.8 Å². The van der Waals surface area contributed by atoms with Crippen molar-refractivity contribution in [2.24, 2.45) is 0 Å². The average molecular weight is 821 g/mol. The number of nitrogens with zero attached hydrogens (tertiary/aromatic N) is 3. The summed E-state index contributed by atoms with van der Waals surface area (Å²) in [7, 11) is 0. The normalized spacial score (nSPS) is 12.0. The van der Waals surface area contributed by atoms with Gasteiger partial charge in [0.1, 0.15) is 12.1 Å². The Balaban J connectivity index is 1.52. The molecule has 0 aliphatic heterocycles. The summed E-state index contributed by atoms with van der Waals surface area (Å²) < 4.78 is 18.0. The summed E-state index contributed by atoms with van der Waals surface area (Å²) >= 11 is 0. The maximum Gasteiger partial charge on any atom is 0.326 e. The van der Waals surface area contributed by atoms with E-state index in [1.165, 1.54) is 0 Å². The van der Waals surface area contributed by atoms with E-state index in [9.17, 15) is 39.0 Å². The Hall–Kier alpha value is -5.18. The van der Waals surface area contributed by atoms with E-state index >= 15 is 0 Å². The van der Waals surface area contributed by atoms with Crippen LogP contribution < -0.4 is 26.6 Å². The molecule has 20 heteroatoms. The number of amides is 4. The first-order chi connectivity index (χ1) is 28.0. The summed E-state index contributed by atoms with van der Waals surface area (Å²) in [5.41, 5.74) is 1.74. The molecular formula is C38H60N8O12. The number of urea groups is 1. The van der Waals surface area contributed by atoms with Crippen LogP contribution in [0.15, 0.2) is 30.5 Å². The predicted molar refractivity (Wildman–Crippen MR) is 210 cm³/mol. The zero-order valence-corrected chi connectivity index (χ0v) is 33.2. The van der Waals surface area contributed by atoms with E-state index in [-0.39, 0.29) is 24.7 Å². The molecule has 20 nitrogen and oxygen atoms in total. The standard InChI is InChI=1S/C38H60N8O12/c1-2-39-18-21-56-23-25-58-26-24-57-22-19-41-35(50)29-13-11-28(12-14-29)34(49)40-17-7-4-3-5-9-30-27-46(45-44-30)20-8-6-10-31(36(51)52)42-38(55)43-32(37(53)54)15-16-33(47)48/h11-14,27,31-32,39H,2-10,15-26H2,1H3,(H,40,49)(H,41,50)(H,47,48)(H,51,52)(H,53,54)(H2,42,43,55)/t31-,32-/m0/s1. The summed E-state index contributed by atoms with van der Waals surface area (Å²) in [6, 6.07) is 2.73. The Bertz CT molecular complexity index is 1520. The van der Waals surface area contributed by atoms with Crippen molar-refractivity contribution in [3.8, 4) is 0 Å². The number of nitrogens with one attached hydrogen (secondary N) is 5. The van der Waals surface area contributed by atoms with Crippen LogP contribution in [0.4, 0.5) is 4.79 Å².